The van der Waals surface area contributed by atoms with Crippen molar-refractivity contribution in [1.82, 2.24) is 10.6 Å². The molecule has 0 aliphatic rings. The van der Waals surface area contributed by atoms with E-state index >= 15 is 0 Å². The highest BCUT2D eigenvalue weighted by atomic mass is 35.5. The molecule has 2 aromatic rings. The molecule has 2 unspecified atom stereocenters. The number of aliphatic hydroxyl groups is 1. The molecule has 0 saturated carbocycles. The van der Waals surface area contributed by atoms with Crippen molar-refractivity contribution in [2.24, 2.45) is 0 Å². The van der Waals surface area contributed by atoms with E-state index in [1.54, 1.807) is 31.2 Å². The lowest BCUT2D eigenvalue weighted by molar-refractivity contribution is -0.123. The molecule has 23 heavy (non-hydrogen) atoms. The molecule has 1 aromatic heterocycles. The second-order valence-electron chi connectivity index (χ2n) is 4.99. The molecule has 0 saturated heterocycles. The number of aliphatic hydroxyl groups excluding tert-OH is 1. The molecule has 0 spiro atoms. The first-order valence-electron chi connectivity index (χ1n) is 7.02. The van der Waals surface area contributed by atoms with Gasteiger partial charge >= 0.3 is 0 Å². The number of nitrogens with one attached hydrogen (secondary N) is 2. The van der Waals surface area contributed by atoms with Gasteiger partial charge in [0.25, 0.3) is 5.91 Å². The van der Waals surface area contributed by atoms with E-state index in [2.05, 4.69) is 10.6 Å². The molecular weight excluding hydrogens is 320 g/mol. The van der Waals surface area contributed by atoms with Gasteiger partial charge in [0.15, 0.2) is 0 Å². The molecule has 2 rings (SSSR count). The summed E-state index contributed by atoms with van der Waals surface area (Å²) in [5, 5.41) is 15.6. The Balaban J connectivity index is 1.84. The summed E-state index contributed by atoms with van der Waals surface area (Å²) in [7, 11) is 0. The van der Waals surface area contributed by atoms with Gasteiger partial charge in [0.1, 0.15) is 12.3 Å². The maximum Gasteiger partial charge on any atom is 0.255 e. The van der Waals surface area contributed by atoms with E-state index in [4.69, 9.17) is 16.0 Å². The van der Waals surface area contributed by atoms with E-state index in [-0.39, 0.29) is 6.54 Å². The van der Waals surface area contributed by atoms with E-state index in [1.165, 1.54) is 18.6 Å². The van der Waals surface area contributed by atoms with Crippen LogP contribution in [-0.2, 0) is 4.79 Å². The molecule has 7 heteroatoms. The topological polar surface area (TPSA) is 91.6 Å². The first-order valence-corrected chi connectivity index (χ1v) is 7.40. The molecule has 0 aliphatic heterocycles. The van der Waals surface area contributed by atoms with Crippen LogP contribution in [0.3, 0.4) is 0 Å². The van der Waals surface area contributed by atoms with E-state index in [0.29, 0.717) is 16.1 Å². The quantitative estimate of drug-likeness (QED) is 0.751. The third kappa shape index (κ3) is 4.58. The standard InChI is InChI=1S/C16H17ClN2O4/c1-10(19-16(22)11-6-7-23-9-11)15(21)18-8-14(20)12-4-2-3-5-13(12)17/h2-7,9-10,14,20H,8H2,1H3,(H,18,21)(H,19,22). The van der Waals surface area contributed by atoms with Crippen molar-refractivity contribution < 1.29 is 19.1 Å². The molecule has 1 aromatic carbocycles. The largest absolute Gasteiger partial charge is 0.472 e. The van der Waals surface area contributed by atoms with Crippen molar-refractivity contribution >= 4 is 23.4 Å². The number of rotatable bonds is 6. The highest BCUT2D eigenvalue weighted by Crippen LogP contribution is 2.21. The number of carbonyl (C=O) groups is 2. The summed E-state index contributed by atoms with van der Waals surface area (Å²) in [6, 6.07) is 7.60. The molecule has 3 N–H and O–H groups in total. The van der Waals surface area contributed by atoms with Crippen molar-refractivity contribution in [2.75, 3.05) is 6.54 Å². The predicted molar refractivity (Wildman–Crippen MR) is 85.1 cm³/mol. The fraction of sp³-hybridized carbons (Fsp3) is 0.250. The summed E-state index contributed by atoms with van der Waals surface area (Å²) in [5.41, 5.74) is 0.866. The number of amides is 2. The number of hydrogen-bond donors (Lipinski definition) is 3. The number of benzene rings is 1. The maximum absolute atomic E-state index is 12.0. The second-order valence-corrected chi connectivity index (χ2v) is 5.40. The van der Waals surface area contributed by atoms with Crippen LogP contribution in [0.4, 0.5) is 0 Å². The van der Waals surface area contributed by atoms with Crippen LogP contribution in [0.25, 0.3) is 0 Å². The first kappa shape index (κ1) is 17.1. The number of furan rings is 1. The van der Waals surface area contributed by atoms with Gasteiger partial charge in [-0.25, -0.2) is 0 Å². The van der Waals surface area contributed by atoms with Crippen molar-refractivity contribution in [3.8, 4) is 0 Å². The van der Waals surface area contributed by atoms with Crippen molar-refractivity contribution in [3.05, 3.63) is 59.0 Å². The summed E-state index contributed by atoms with van der Waals surface area (Å²) in [4.78, 5) is 23.8. The molecule has 122 valence electrons. The van der Waals surface area contributed by atoms with Gasteiger partial charge in [0.2, 0.25) is 5.91 Å². The lowest BCUT2D eigenvalue weighted by Crippen LogP contribution is -2.45. The van der Waals surface area contributed by atoms with E-state index in [9.17, 15) is 14.7 Å². The predicted octanol–water partition coefficient (Wildman–Crippen LogP) is 1.90. The van der Waals surface area contributed by atoms with Crippen LogP contribution in [0.5, 0.6) is 0 Å². The van der Waals surface area contributed by atoms with Crippen molar-refractivity contribution in [1.29, 1.82) is 0 Å². The van der Waals surface area contributed by atoms with Gasteiger partial charge in [-0.15, -0.1) is 0 Å². The summed E-state index contributed by atoms with van der Waals surface area (Å²) < 4.78 is 4.81. The Morgan fingerprint density at radius 1 is 1.30 bits per heavy atom. The van der Waals surface area contributed by atoms with Crippen molar-refractivity contribution in [3.63, 3.8) is 0 Å². The summed E-state index contributed by atoms with van der Waals surface area (Å²) >= 11 is 5.98. The third-order valence-electron chi connectivity index (χ3n) is 3.26. The fourth-order valence-electron chi connectivity index (χ4n) is 1.94. The lowest BCUT2D eigenvalue weighted by Gasteiger charge is -2.17. The Morgan fingerprint density at radius 3 is 2.70 bits per heavy atom. The average Bonchev–Trinajstić information content (AvgIpc) is 3.07. The molecule has 2 atom stereocenters. The summed E-state index contributed by atoms with van der Waals surface area (Å²) in [6.45, 7) is 1.55. The molecule has 0 fully saturated rings. The van der Waals surface area contributed by atoms with E-state index in [0.717, 1.165) is 0 Å². The first-order chi connectivity index (χ1) is 11.0. The normalized spacial score (nSPS) is 13.2. The Hall–Kier alpha value is -2.31. The van der Waals surface area contributed by atoms with E-state index in [1.807, 2.05) is 0 Å². The Bertz CT molecular complexity index is 672. The van der Waals surface area contributed by atoms with Crippen LogP contribution < -0.4 is 10.6 Å². The number of halogens is 1. The Labute approximate surface area is 138 Å². The third-order valence-corrected chi connectivity index (χ3v) is 3.60. The highest BCUT2D eigenvalue weighted by Gasteiger charge is 2.19. The number of hydrogen-bond acceptors (Lipinski definition) is 4. The van der Waals surface area contributed by atoms with Gasteiger partial charge in [-0.1, -0.05) is 29.8 Å². The maximum atomic E-state index is 12.0. The average molecular weight is 337 g/mol. The van der Waals surface area contributed by atoms with Crippen molar-refractivity contribution in [2.45, 2.75) is 19.1 Å². The SMILES string of the molecule is CC(NC(=O)c1ccoc1)C(=O)NCC(O)c1ccccc1Cl. The van der Waals surface area contributed by atoms with Gasteiger partial charge in [0.05, 0.1) is 17.9 Å². The molecule has 0 aliphatic carbocycles. The fourth-order valence-corrected chi connectivity index (χ4v) is 2.21. The minimum atomic E-state index is -0.926. The zero-order valence-electron chi connectivity index (χ0n) is 12.5. The lowest BCUT2D eigenvalue weighted by atomic mass is 10.1. The molecule has 0 radical (unpaired) electrons. The minimum Gasteiger partial charge on any atom is -0.472 e. The van der Waals surface area contributed by atoms with Gasteiger partial charge in [-0.2, -0.15) is 0 Å². The van der Waals surface area contributed by atoms with Crippen LogP contribution in [0.2, 0.25) is 5.02 Å². The van der Waals surface area contributed by atoms with Crippen LogP contribution in [0, 0.1) is 0 Å². The second kappa shape index (κ2) is 7.80. The molecule has 2 amide bonds. The zero-order valence-corrected chi connectivity index (χ0v) is 13.2. The zero-order chi connectivity index (χ0) is 16.8. The van der Waals surface area contributed by atoms with Crippen LogP contribution in [0.1, 0.15) is 28.9 Å². The van der Waals surface area contributed by atoms with E-state index < -0.39 is 24.0 Å². The Kier molecular flexibility index (Phi) is 5.78. The molecule has 1 heterocycles. The van der Waals surface area contributed by atoms with Gasteiger partial charge < -0.3 is 20.2 Å². The monoisotopic (exact) mass is 336 g/mol. The van der Waals surface area contributed by atoms with Crippen LogP contribution in [-0.4, -0.2) is 29.5 Å². The summed E-state index contributed by atoms with van der Waals surface area (Å²) in [5.74, 6) is -0.819. The van der Waals surface area contributed by atoms with Gasteiger partial charge in [0, 0.05) is 17.1 Å². The summed E-state index contributed by atoms with van der Waals surface area (Å²) in [6.07, 6.45) is 1.74. The van der Waals surface area contributed by atoms with Crippen LogP contribution >= 0.6 is 11.6 Å². The highest BCUT2D eigenvalue weighted by molar-refractivity contribution is 6.31. The Morgan fingerprint density at radius 2 is 2.04 bits per heavy atom. The molecular formula is C16H17ClN2O4. The molecule has 6 nitrogen and oxygen atoms in total. The van der Waals surface area contributed by atoms with Crippen LogP contribution in [0.15, 0.2) is 47.3 Å². The smallest absolute Gasteiger partial charge is 0.255 e. The van der Waals surface area contributed by atoms with Gasteiger partial charge in [-0.05, 0) is 19.1 Å². The minimum absolute atomic E-state index is 0.00547. The number of carbonyl (C=O) groups excluding carboxylic acids is 2. The molecule has 0 bridgehead atoms. The van der Waals surface area contributed by atoms with Gasteiger partial charge in [-0.3, -0.25) is 9.59 Å².